The Kier molecular flexibility index (Phi) is 4.54. The van der Waals surface area contributed by atoms with Crippen LogP contribution in [0.5, 0.6) is 0 Å². The predicted octanol–water partition coefficient (Wildman–Crippen LogP) is 3.43. The van der Waals surface area contributed by atoms with Gasteiger partial charge in [0.1, 0.15) is 35.0 Å². The Hall–Kier alpha value is -3.95. The summed E-state index contributed by atoms with van der Waals surface area (Å²) in [6, 6.07) is 12.1. The predicted molar refractivity (Wildman–Crippen MR) is 107 cm³/mol. The second-order valence-electron chi connectivity index (χ2n) is 7.04. The van der Waals surface area contributed by atoms with Crippen LogP contribution in [-0.2, 0) is 4.79 Å². The van der Waals surface area contributed by atoms with E-state index in [-0.39, 0.29) is 23.6 Å². The van der Waals surface area contributed by atoms with Crippen molar-refractivity contribution in [3.8, 4) is 11.4 Å². The van der Waals surface area contributed by atoms with E-state index in [2.05, 4.69) is 20.6 Å². The molecule has 156 valence electrons. The zero-order valence-corrected chi connectivity index (χ0v) is 16.0. The minimum Gasteiger partial charge on any atom is -0.357 e. The van der Waals surface area contributed by atoms with Gasteiger partial charge in [0.25, 0.3) is 0 Å². The van der Waals surface area contributed by atoms with Gasteiger partial charge >= 0.3 is 0 Å². The number of carbonyl (C=O) groups is 1. The second kappa shape index (κ2) is 7.38. The van der Waals surface area contributed by atoms with Crippen molar-refractivity contribution in [3.05, 3.63) is 72.0 Å². The number of amides is 1. The summed E-state index contributed by atoms with van der Waals surface area (Å²) in [5, 5.41) is 15.4. The Bertz CT molecular complexity index is 1290. The van der Waals surface area contributed by atoms with Crippen LogP contribution in [0.1, 0.15) is 6.42 Å². The van der Waals surface area contributed by atoms with Crippen LogP contribution in [0, 0.1) is 17.5 Å². The summed E-state index contributed by atoms with van der Waals surface area (Å²) >= 11 is 0. The standard InChI is InChI=1S/C21H15F3N6O/c22-13-5-2-1-4-12(13)20-27-26-18-9-8-17(28-30(18)20)25-16-10-11-29(21(16)31)19-14(23)6-3-7-15(19)24/h1-9,16H,10-11H2,(H,25,28). The van der Waals surface area contributed by atoms with Crippen LogP contribution in [0.15, 0.2) is 54.6 Å². The monoisotopic (exact) mass is 424 g/mol. The fourth-order valence-electron chi connectivity index (χ4n) is 3.64. The average molecular weight is 424 g/mol. The van der Waals surface area contributed by atoms with Crippen molar-refractivity contribution in [2.75, 3.05) is 16.8 Å². The fourth-order valence-corrected chi connectivity index (χ4v) is 3.64. The van der Waals surface area contributed by atoms with Gasteiger partial charge in [0, 0.05) is 6.54 Å². The quantitative estimate of drug-likeness (QED) is 0.543. The maximum atomic E-state index is 14.2. The smallest absolute Gasteiger partial charge is 0.249 e. The van der Waals surface area contributed by atoms with E-state index < -0.39 is 29.4 Å². The summed E-state index contributed by atoms with van der Waals surface area (Å²) < 4.78 is 43.7. The first-order valence-electron chi connectivity index (χ1n) is 9.52. The van der Waals surface area contributed by atoms with Gasteiger partial charge in [0.05, 0.1) is 5.56 Å². The minimum absolute atomic E-state index is 0.156. The van der Waals surface area contributed by atoms with E-state index in [1.807, 2.05) is 0 Å². The van der Waals surface area contributed by atoms with Gasteiger partial charge in [0.2, 0.25) is 5.91 Å². The van der Waals surface area contributed by atoms with E-state index in [4.69, 9.17) is 0 Å². The molecule has 2 aromatic heterocycles. The van der Waals surface area contributed by atoms with Gasteiger partial charge in [-0.25, -0.2) is 13.2 Å². The second-order valence-corrected chi connectivity index (χ2v) is 7.04. The molecule has 1 unspecified atom stereocenters. The van der Waals surface area contributed by atoms with Crippen molar-refractivity contribution in [3.63, 3.8) is 0 Å². The van der Waals surface area contributed by atoms with Crippen LogP contribution in [0.3, 0.4) is 0 Å². The molecule has 1 saturated heterocycles. The number of fused-ring (bicyclic) bond motifs is 1. The van der Waals surface area contributed by atoms with Crippen molar-refractivity contribution in [2.45, 2.75) is 12.5 Å². The molecular formula is C21H15F3N6O. The molecular weight excluding hydrogens is 409 g/mol. The number of benzene rings is 2. The summed E-state index contributed by atoms with van der Waals surface area (Å²) in [6.07, 6.45) is 0.328. The molecule has 7 nitrogen and oxygen atoms in total. The van der Waals surface area contributed by atoms with Gasteiger partial charge in [-0.2, -0.15) is 4.52 Å². The molecule has 0 aliphatic carbocycles. The summed E-state index contributed by atoms with van der Waals surface area (Å²) in [4.78, 5) is 13.9. The highest BCUT2D eigenvalue weighted by molar-refractivity contribution is 6.01. The lowest BCUT2D eigenvalue weighted by Crippen LogP contribution is -2.34. The number of aromatic nitrogens is 4. The third-order valence-corrected chi connectivity index (χ3v) is 5.11. The molecule has 1 aliphatic rings. The number of anilines is 2. The first kappa shape index (κ1) is 19.0. The zero-order chi connectivity index (χ0) is 21.5. The molecule has 1 atom stereocenters. The van der Waals surface area contributed by atoms with E-state index in [1.54, 1.807) is 30.3 Å². The maximum absolute atomic E-state index is 14.2. The molecule has 0 bridgehead atoms. The van der Waals surface area contributed by atoms with Crippen molar-refractivity contribution < 1.29 is 18.0 Å². The van der Waals surface area contributed by atoms with E-state index in [0.29, 0.717) is 17.9 Å². The molecule has 10 heteroatoms. The van der Waals surface area contributed by atoms with Gasteiger partial charge < -0.3 is 10.2 Å². The number of hydrogen-bond acceptors (Lipinski definition) is 5. The van der Waals surface area contributed by atoms with Gasteiger partial charge in [0.15, 0.2) is 11.5 Å². The van der Waals surface area contributed by atoms with Gasteiger partial charge in [-0.3, -0.25) is 4.79 Å². The van der Waals surface area contributed by atoms with E-state index in [1.165, 1.54) is 16.6 Å². The number of rotatable bonds is 4. The van der Waals surface area contributed by atoms with Crippen LogP contribution < -0.4 is 10.2 Å². The largest absolute Gasteiger partial charge is 0.357 e. The molecule has 4 aromatic rings. The molecule has 5 rings (SSSR count). The normalized spacial score (nSPS) is 16.3. The topological polar surface area (TPSA) is 75.4 Å². The van der Waals surface area contributed by atoms with E-state index in [9.17, 15) is 18.0 Å². The maximum Gasteiger partial charge on any atom is 0.249 e. The van der Waals surface area contributed by atoms with Crippen LogP contribution in [0.4, 0.5) is 24.7 Å². The van der Waals surface area contributed by atoms with Crippen molar-refractivity contribution in [2.24, 2.45) is 0 Å². The van der Waals surface area contributed by atoms with Crippen molar-refractivity contribution >= 4 is 23.1 Å². The van der Waals surface area contributed by atoms with Crippen LogP contribution >= 0.6 is 0 Å². The van der Waals surface area contributed by atoms with Crippen molar-refractivity contribution in [1.82, 2.24) is 19.8 Å². The van der Waals surface area contributed by atoms with Crippen molar-refractivity contribution in [1.29, 1.82) is 0 Å². The lowest BCUT2D eigenvalue weighted by atomic mass is 10.2. The molecule has 1 aliphatic heterocycles. The molecule has 2 aromatic carbocycles. The molecule has 1 fully saturated rings. The lowest BCUT2D eigenvalue weighted by Gasteiger charge is -2.18. The number of nitrogens with zero attached hydrogens (tertiary/aromatic N) is 5. The summed E-state index contributed by atoms with van der Waals surface area (Å²) in [5.41, 5.74) is 0.273. The van der Waals surface area contributed by atoms with Crippen LogP contribution in [0.25, 0.3) is 17.0 Å². The Morgan fingerprint density at radius 3 is 2.42 bits per heavy atom. The molecule has 0 saturated carbocycles. The molecule has 1 amide bonds. The SMILES string of the molecule is O=C1C(Nc2ccc3nnc(-c4ccccc4F)n3n2)CCN1c1c(F)cccc1F. The number of carbonyl (C=O) groups excluding carboxylic acids is 1. The van der Waals surface area contributed by atoms with Crippen LogP contribution in [0.2, 0.25) is 0 Å². The Labute approximate surface area is 174 Å². The summed E-state index contributed by atoms with van der Waals surface area (Å²) in [5.74, 6) is -2.00. The first-order valence-corrected chi connectivity index (χ1v) is 9.52. The number of halogens is 3. The number of hydrogen-bond donors (Lipinski definition) is 1. The molecule has 3 heterocycles. The van der Waals surface area contributed by atoms with Gasteiger partial charge in [-0.1, -0.05) is 18.2 Å². The third-order valence-electron chi connectivity index (χ3n) is 5.11. The Morgan fingerprint density at radius 2 is 1.65 bits per heavy atom. The Morgan fingerprint density at radius 1 is 0.903 bits per heavy atom. The summed E-state index contributed by atoms with van der Waals surface area (Å²) in [6.45, 7) is 0.156. The van der Waals surface area contributed by atoms with E-state index >= 15 is 0 Å². The number of para-hydroxylation sites is 1. The van der Waals surface area contributed by atoms with Crippen LogP contribution in [-0.4, -0.2) is 38.3 Å². The van der Waals surface area contributed by atoms with Gasteiger partial charge in [-0.15, -0.1) is 15.3 Å². The zero-order valence-electron chi connectivity index (χ0n) is 16.0. The lowest BCUT2D eigenvalue weighted by molar-refractivity contribution is -0.117. The molecule has 1 N–H and O–H groups in total. The highest BCUT2D eigenvalue weighted by Gasteiger charge is 2.35. The van der Waals surface area contributed by atoms with Gasteiger partial charge in [-0.05, 0) is 42.8 Å². The van der Waals surface area contributed by atoms with E-state index in [0.717, 1.165) is 17.0 Å². The average Bonchev–Trinajstić information content (AvgIpc) is 3.33. The highest BCUT2D eigenvalue weighted by atomic mass is 19.1. The summed E-state index contributed by atoms with van der Waals surface area (Å²) in [7, 11) is 0. The Balaban J connectivity index is 1.43. The molecule has 31 heavy (non-hydrogen) atoms. The fraction of sp³-hybridized carbons (Fsp3) is 0.143. The first-order chi connectivity index (χ1) is 15.0. The minimum atomic E-state index is -0.799. The molecule has 0 radical (unpaired) electrons. The number of nitrogens with one attached hydrogen (secondary N) is 1. The third kappa shape index (κ3) is 3.25. The highest BCUT2D eigenvalue weighted by Crippen LogP contribution is 2.29. The molecule has 0 spiro atoms.